The quantitative estimate of drug-likeness (QED) is 0.835. The van der Waals surface area contributed by atoms with Crippen molar-refractivity contribution in [2.24, 2.45) is 0 Å². The fourth-order valence-electron chi connectivity index (χ4n) is 3.05. The summed E-state index contributed by atoms with van der Waals surface area (Å²) in [5.41, 5.74) is 1.42. The molecule has 1 saturated heterocycles. The predicted molar refractivity (Wildman–Crippen MR) is 88.7 cm³/mol. The van der Waals surface area contributed by atoms with Crippen LogP contribution in [-0.4, -0.2) is 49.3 Å². The molecule has 0 radical (unpaired) electrons. The van der Waals surface area contributed by atoms with Crippen molar-refractivity contribution in [3.63, 3.8) is 0 Å². The average molecular weight is 290 g/mol. The molecule has 2 atom stereocenters. The van der Waals surface area contributed by atoms with E-state index in [2.05, 4.69) is 61.3 Å². The molecule has 0 bridgehead atoms. The Labute approximate surface area is 129 Å². The molecule has 2 rings (SSSR count). The molecule has 1 aliphatic heterocycles. The highest BCUT2D eigenvalue weighted by Crippen LogP contribution is 2.13. The first-order chi connectivity index (χ1) is 10.2. The Morgan fingerprint density at radius 3 is 2.71 bits per heavy atom. The molecule has 1 aliphatic rings. The van der Waals surface area contributed by atoms with Crippen LogP contribution in [0.5, 0.6) is 0 Å². The van der Waals surface area contributed by atoms with Crippen LogP contribution in [0.2, 0.25) is 0 Å². The maximum absolute atomic E-state index is 5.73. The van der Waals surface area contributed by atoms with Crippen LogP contribution in [0.3, 0.4) is 0 Å². The molecule has 0 aromatic heterocycles. The van der Waals surface area contributed by atoms with Gasteiger partial charge in [-0.3, -0.25) is 4.90 Å². The lowest BCUT2D eigenvalue weighted by atomic mass is 10.0. The van der Waals surface area contributed by atoms with Crippen molar-refractivity contribution in [3.05, 3.63) is 35.9 Å². The van der Waals surface area contributed by atoms with Gasteiger partial charge in [-0.25, -0.2) is 0 Å². The Morgan fingerprint density at radius 2 is 2.05 bits per heavy atom. The van der Waals surface area contributed by atoms with Crippen LogP contribution < -0.4 is 5.32 Å². The number of piperazine rings is 1. The van der Waals surface area contributed by atoms with Crippen LogP contribution in [-0.2, 0) is 11.2 Å². The fourth-order valence-corrected chi connectivity index (χ4v) is 3.05. The molecule has 118 valence electrons. The van der Waals surface area contributed by atoms with E-state index in [0.29, 0.717) is 18.2 Å². The van der Waals surface area contributed by atoms with Crippen molar-refractivity contribution < 1.29 is 4.74 Å². The molecule has 3 nitrogen and oxygen atoms in total. The van der Waals surface area contributed by atoms with E-state index < -0.39 is 0 Å². The van der Waals surface area contributed by atoms with E-state index in [-0.39, 0.29) is 0 Å². The van der Waals surface area contributed by atoms with E-state index in [9.17, 15) is 0 Å². The Hall–Kier alpha value is -0.900. The van der Waals surface area contributed by atoms with Crippen LogP contribution in [0.4, 0.5) is 0 Å². The van der Waals surface area contributed by atoms with Crippen molar-refractivity contribution >= 4 is 0 Å². The first-order valence-corrected chi connectivity index (χ1v) is 8.32. The van der Waals surface area contributed by atoms with Gasteiger partial charge in [0.15, 0.2) is 0 Å². The third kappa shape index (κ3) is 5.42. The van der Waals surface area contributed by atoms with Gasteiger partial charge in [0, 0.05) is 31.7 Å². The largest absolute Gasteiger partial charge is 0.377 e. The zero-order chi connectivity index (χ0) is 15.1. The monoisotopic (exact) mass is 290 g/mol. The molecule has 1 aromatic carbocycles. The second-order valence-corrected chi connectivity index (χ2v) is 6.27. The maximum atomic E-state index is 5.73. The number of nitrogens with zero attached hydrogens (tertiary/aromatic N) is 1. The molecular weight excluding hydrogens is 260 g/mol. The summed E-state index contributed by atoms with van der Waals surface area (Å²) in [7, 11) is 0. The minimum absolute atomic E-state index is 0.327. The van der Waals surface area contributed by atoms with Gasteiger partial charge in [0.25, 0.3) is 0 Å². The first-order valence-electron chi connectivity index (χ1n) is 8.32. The lowest BCUT2D eigenvalue weighted by Crippen LogP contribution is -2.57. The van der Waals surface area contributed by atoms with Crippen molar-refractivity contribution in [2.75, 3.05) is 26.2 Å². The van der Waals surface area contributed by atoms with Gasteiger partial charge in [0.2, 0.25) is 0 Å². The van der Waals surface area contributed by atoms with Crippen molar-refractivity contribution in [3.8, 4) is 0 Å². The summed E-state index contributed by atoms with van der Waals surface area (Å²) in [6, 6.07) is 12.0. The van der Waals surface area contributed by atoms with Crippen LogP contribution in [0.25, 0.3) is 0 Å². The zero-order valence-electron chi connectivity index (χ0n) is 13.7. The van der Waals surface area contributed by atoms with Gasteiger partial charge in [-0.05, 0) is 32.3 Å². The third-order valence-corrected chi connectivity index (χ3v) is 4.24. The van der Waals surface area contributed by atoms with Crippen LogP contribution >= 0.6 is 0 Å². The molecular formula is C18H30N2O. The number of benzene rings is 1. The molecule has 0 saturated carbocycles. The van der Waals surface area contributed by atoms with Gasteiger partial charge in [-0.1, -0.05) is 37.3 Å². The number of hydrogen-bond donors (Lipinski definition) is 1. The van der Waals surface area contributed by atoms with Gasteiger partial charge in [0.1, 0.15) is 0 Å². The van der Waals surface area contributed by atoms with Crippen LogP contribution in [0, 0.1) is 0 Å². The molecule has 1 heterocycles. The third-order valence-electron chi connectivity index (χ3n) is 4.24. The summed E-state index contributed by atoms with van der Waals surface area (Å²) in [5, 5.41) is 3.72. The average Bonchev–Trinajstić information content (AvgIpc) is 2.48. The highest BCUT2D eigenvalue weighted by molar-refractivity contribution is 5.16. The highest BCUT2D eigenvalue weighted by atomic mass is 16.5. The minimum atomic E-state index is 0.327. The molecule has 1 aromatic rings. The molecule has 1 fully saturated rings. The lowest BCUT2D eigenvalue weighted by Gasteiger charge is -2.40. The Morgan fingerprint density at radius 1 is 1.29 bits per heavy atom. The standard InChI is InChI=1S/C18H30N2O/c1-4-18-13-19-17(12-16-8-6-5-7-9-16)14-20(18)10-11-21-15(2)3/h5-9,15,17-19H,4,10-14H2,1-3H3. The summed E-state index contributed by atoms with van der Waals surface area (Å²) in [6.45, 7) is 10.6. The van der Waals surface area contributed by atoms with Crippen molar-refractivity contribution in [2.45, 2.75) is 51.8 Å². The summed E-state index contributed by atoms with van der Waals surface area (Å²) < 4.78 is 5.73. The normalized spacial score (nSPS) is 23.6. The Bertz CT molecular complexity index is 393. The molecule has 2 unspecified atom stereocenters. The van der Waals surface area contributed by atoms with E-state index in [1.807, 2.05) is 0 Å². The Balaban J connectivity index is 1.85. The van der Waals surface area contributed by atoms with Gasteiger partial charge in [-0.15, -0.1) is 0 Å². The van der Waals surface area contributed by atoms with Gasteiger partial charge in [0.05, 0.1) is 12.7 Å². The number of hydrogen-bond acceptors (Lipinski definition) is 3. The predicted octanol–water partition coefficient (Wildman–Crippen LogP) is 2.71. The fraction of sp³-hybridized carbons (Fsp3) is 0.667. The molecule has 21 heavy (non-hydrogen) atoms. The van der Waals surface area contributed by atoms with E-state index in [0.717, 1.165) is 32.7 Å². The number of ether oxygens (including phenoxy) is 1. The van der Waals surface area contributed by atoms with E-state index in [1.54, 1.807) is 0 Å². The zero-order valence-corrected chi connectivity index (χ0v) is 13.7. The lowest BCUT2D eigenvalue weighted by molar-refractivity contribution is 0.0358. The summed E-state index contributed by atoms with van der Waals surface area (Å²) in [6.07, 6.45) is 2.64. The second kappa shape index (κ2) is 8.52. The Kier molecular flexibility index (Phi) is 6.68. The SMILES string of the molecule is CCC1CNC(Cc2ccccc2)CN1CCOC(C)C. The topological polar surface area (TPSA) is 24.5 Å². The first kappa shape index (κ1) is 16.5. The van der Waals surface area contributed by atoms with Crippen molar-refractivity contribution in [1.29, 1.82) is 0 Å². The molecule has 0 aliphatic carbocycles. The number of rotatable bonds is 7. The minimum Gasteiger partial charge on any atom is -0.377 e. The maximum Gasteiger partial charge on any atom is 0.0597 e. The van der Waals surface area contributed by atoms with E-state index >= 15 is 0 Å². The van der Waals surface area contributed by atoms with Crippen LogP contribution in [0.15, 0.2) is 30.3 Å². The number of nitrogens with one attached hydrogen (secondary N) is 1. The van der Waals surface area contributed by atoms with Crippen LogP contribution in [0.1, 0.15) is 32.8 Å². The van der Waals surface area contributed by atoms with Gasteiger partial charge >= 0.3 is 0 Å². The molecule has 0 spiro atoms. The second-order valence-electron chi connectivity index (χ2n) is 6.27. The van der Waals surface area contributed by atoms with E-state index in [1.165, 1.54) is 12.0 Å². The molecule has 0 amide bonds. The van der Waals surface area contributed by atoms with Crippen molar-refractivity contribution in [1.82, 2.24) is 10.2 Å². The summed E-state index contributed by atoms with van der Waals surface area (Å²) in [5.74, 6) is 0. The van der Waals surface area contributed by atoms with Gasteiger partial charge in [-0.2, -0.15) is 0 Å². The highest BCUT2D eigenvalue weighted by Gasteiger charge is 2.26. The van der Waals surface area contributed by atoms with E-state index in [4.69, 9.17) is 4.74 Å². The molecule has 3 heteroatoms. The molecule has 1 N–H and O–H groups in total. The summed E-state index contributed by atoms with van der Waals surface area (Å²) in [4.78, 5) is 2.60. The smallest absolute Gasteiger partial charge is 0.0597 e. The summed E-state index contributed by atoms with van der Waals surface area (Å²) >= 11 is 0. The van der Waals surface area contributed by atoms with Gasteiger partial charge < -0.3 is 10.1 Å².